The number of hydrogen-bond acceptors (Lipinski definition) is 5. The summed E-state index contributed by atoms with van der Waals surface area (Å²) in [5, 5.41) is 0. The Morgan fingerprint density at radius 1 is 0.967 bits per heavy atom. The van der Waals surface area contributed by atoms with Gasteiger partial charge in [-0.05, 0) is 35.9 Å². The van der Waals surface area contributed by atoms with Crippen LogP contribution in [0.25, 0.3) is 0 Å². The quantitative estimate of drug-likeness (QED) is 0.672. The Bertz CT molecular complexity index is 1090. The Kier molecular flexibility index (Phi) is 4.55. The second kappa shape index (κ2) is 7.51. The number of nitrogens with zero attached hydrogens (tertiary/aromatic N) is 3. The number of amides is 2. The van der Waals surface area contributed by atoms with Crippen LogP contribution in [0.1, 0.15) is 17.2 Å². The molecule has 1 aromatic heterocycles. The molecule has 30 heavy (non-hydrogen) atoms. The summed E-state index contributed by atoms with van der Waals surface area (Å²) >= 11 is 0. The maximum absolute atomic E-state index is 13.5. The maximum Gasteiger partial charge on any atom is 0.254 e. The van der Waals surface area contributed by atoms with Crippen LogP contribution < -0.4 is 14.4 Å². The molecule has 0 N–H and O–H groups in total. The second-order valence-electron chi connectivity index (χ2n) is 7.16. The zero-order valence-electron chi connectivity index (χ0n) is 16.1. The van der Waals surface area contributed by atoms with E-state index in [0.29, 0.717) is 22.7 Å². The van der Waals surface area contributed by atoms with Gasteiger partial charge in [0, 0.05) is 30.2 Å². The minimum absolute atomic E-state index is 0.00976. The molecule has 150 valence electrons. The van der Waals surface area contributed by atoms with Gasteiger partial charge in [-0.2, -0.15) is 0 Å². The molecule has 0 spiro atoms. The van der Waals surface area contributed by atoms with E-state index >= 15 is 0 Å². The summed E-state index contributed by atoms with van der Waals surface area (Å²) in [6, 6.07) is 17.6. The molecule has 2 aliphatic heterocycles. The first-order chi connectivity index (χ1) is 14.7. The van der Waals surface area contributed by atoms with Gasteiger partial charge >= 0.3 is 0 Å². The van der Waals surface area contributed by atoms with E-state index in [1.807, 2.05) is 54.6 Å². The van der Waals surface area contributed by atoms with Crippen LogP contribution in [-0.2, 0) is 16.1 Å². The number of hydrogen-bond donors (Lipinski definition) is 0. The van der Waals surface area contributed by atoms with Crippen LogP contribution >= 0.6 is 0 Å². The highest BCUT2D eigenvalue weighted by molar-refractivity contribution is 6.06. The molecule has 2 aromatic carbocycles. The molecule has 3 aromatic rings. The van der Waals surface area contributed by atoms with Gasteiger partial charge in [0.1, 0.15) is 12.6 Å². The molecule has 0 aliphatic carbocycles. The lowest BCUT2D eigenvalue weighted by atomic mass is 10.0. The minimum Gasteiger partial charge on any atom is -0.454 e. The third-order valence-electron chi connectivity index (χ3n) is 5.28. The average molecular weight is 401 g/mol. The van der Waals surface area contributed by atoms with Crippen molar-refractivity contribution in [1.29, 1.82) is 0 Å². The minimum atomic E-state index is -0.759. The Hall–Kier alpha value is -3.87. The van der Waals surface area contributed by atoms with Crippen LogP contribution in [-0.4, -0.2) is 35.0 Å². The van der Waals surface area contributed by atoms with Crippen molar-refractivity contribution in [3.05, 3.63) is 84.2 Å². The lowest BCUT2D eigenvalue weighted by Crippen LogP contribution is -2.55. The molecule has 2 amide bonds. The van der Waals surface area contributed by atoms with Crippen LogP contribution in [0, 0.1) is 0 Å². The predicted octanol–water partition coefficient (Wildman–Crippen LogP) is 2.93. The Labute approximate surface area is 173 Å². The molecule has 1 saturated heterocycles. The van der Waals surface area contributed by atoms with Gasteiger partial charge in [0.2, 0.25) is 12.7 Å². The standard InChI is InChI=1S/C23H19N3O4/c27-21-14-25(18-6-2-1-3-7-18)23(28)22(17-5-4-10-24-12-17)26(21)13-16-8-9-19-20(11-16)30-15-29-19/h1-12,22H,13-15H2/t22-/m1/s1. The fraction of sp³-hybridized carbons (Fsp3) is 0.174. The average Bonchev–Trinajstić information content (AvgIpc) is 3.25. The number of carbonyl (C=O) groups is 2. The SMILES string of the molecule is O=C1[C@@H](c2cccnc2)N(Cc2ccc3c(c2)OCO3)C(=O)CN1c1ccccc1. The van der Waals surface area contributed by atoms with E-state index < -0.39 is 6.04 Å². The molecule has 1 fully saturated rings. The van der Waals surface area contributed by atoms with Crippen LogP contribution in [0.3, 0.4) is 0 Å². The van der Waals surface area contributed by atoms with E-state index in [-0.39, 0.29) is 31.7 Å². The number of para-hydroxylation sites is 1. The summed E-state index contributed by atoms with van der Waals surface area (Å²) in [7, 11) is 0. The number of carbonyl (C=O) groups excluding carboxylic acids is 2. The fourth-order valence-electron chi connectivity index (χ4n) is 3.83. The highest BCUT2D eigenvalue weighted by atomic mass is 16.7. The summed E-state index contributed by atoms with van der Waals surface area (Å²) in [6.45, 7) is 0.456. The van der Waals surface area contributed by atoms with Gasteiger partial charge in [0.15, 0.2) is 11.5 Å². The molecule has 1 atom stereocenters. The molecule has 7 nitrogen and oxygen atoms in total. The van der Waals surface area contributed by atoms with E-state index in [0.717, 1.165) is 5.56 Å². The van der Waals surface area contributed by atoms with Gasteiger partial charge in [0.05, 0.1) is 0 Å². The summed E-state index contributed by atoms with van der Waals surface area (Å²) in [6.07, 6.45) is 3.28. The van der Waals surface area contributed by atoms with Gasteiger partial charge in [-0.25, -0.2) is 0 Å². The lowest BCUT2D eigenvalue weighted by molar-refractivity contribution is -0.144. The number of benzene rings is 2. The maximum atomic E-state index is 13.5. The van der Waals surface area contributed by atoms with Crippen LogP contribution in [0.4, 0.5) is 5.69 Å². The van der Waals surface area contributed by atoms with Gasteiger partial charge in [-0.3, -0.25) is 14.6 Å². The van der Waals surface area contributed by atoms with Crippen molar-refractivity contribution >= 4 is 17.5 Å². The summed E-state index contributed by atoms with van der Waals surface area (Å²) < 4.78 is 10.8. The zero-order chi connectivity index (χ0) is 20.5. The zero-order valence-corrected chi connectivity index (χ0v) is 16.1. The van der Waals surface area contributed by atoms with E-state index in [1.54, 1.807) is 23.4 Å². The number of fused-ring (bicyclic) bond motifs is 1. The van der Waals surface area contributed by atoms with Gasteiger partial charge in [-0.15, -0.1) is 0 Å². The van der Waals surface area contributed by atoms with Gasteiger partial charge in [-0.1, -0.05) is 30.3 Å². The topological polar surface area (TPSA) is 72.0 Å². The molecule has 0 saturated carbocycles. The van der Waals surface area contributed by atoms with Crippen molar-refractivity contribution in [3.8, 4) is 11.5 Å². The van der Waals surface area contributed by atoms with E-state index in [1.165, 1.54) is 4.90 Å². The van der Waals surface area contributed by atoms with Crippen molar-refractivity contribution in [2.75, 3.05) is 18.2 Å². The molecule has 7 heteroatoms. The number of anilines is 1. The van der Waals surface area contributed by atoms with E-state index in [9.17, 15) is 9.59 Å². The Morgan fingerprint density at radius 2 is 1.80 bits per heavy atom. The van der Waals surface area contributed by atoms with Crippen molar-refractivity contribution in [2.45, 2.75) is 12.6 Å². The molecule has 0 unspecified atom stereocenters. The van der Waals surface area contributed by atoms with Gasteiger partial charge in [0.25, 0.3) is 5.91 Å². The highest BCUT2D eigenvalue weighted by Crippen LogP contribution is 2.35. The van der Waals surface area contributed by atoms with Crippen LogP contribution in [0.15, 0.2) is 73.1 Å². The summed E-state index contributed by atoms with van der Waals surface area (Å²) in [5.74, 6) is 1.03. The molecule has 3 heterocycles. The normalized spacial score (nSPS) is 18.1. The van der Waals surface area contributed by atoms with Crippen LogP contribution in [0.2, 0.25) is 0 Å². The van der Waals surface area contributed by atoms with E-state index in [2.05, 4.69) is 4.98 Å². The van der Waals surface area contributed by atoms with E-state index in [4.69, 9.17) is 9.47 Å². The van der Waals surface area contributed by atoms with Crippen molar-refractivity contribution < 1.29 is 19.1 Å². The Morgan fingerprint density at radius 3 is 2.60 bits per heavy atom. The first-order valence-electron chi connectivity index (χ1n) is 9.65. The predicted molar refractivity (Wildman–Crippen MR) is 109 cm³/mol. The molecule has 5 rings (SSSR count). The van der Waals surface area contributed by atoms with Crippen molar-refractivity contribution in [3.63, 3.8) is 0 Å². The molecule has 2 aliphatic rings. The largest absolute Gasteiger partial charge is 0.454 e. The third kappa shape index (κ3) is 3.24. The number of rotatable bonds is 4. The second-order valence-corrected chi connectivity index (χ2v) is 7.16. The van der Waals surface area contributed by atoms with Crippen molar-refractivity contribution in [1.82, 2.24) is 9.88 Å². The molecule has 0 radical (unpaired) electrons. The highest BCUT2D eigenvalue weighted by Gasteiger charge is 2.41. The summed E-state index contributed by atoms with van der Waals surface area (Å²) in [5.41, 5.74) is 2.24. The van der Waals surface area contributed by atoms with Crippen LogP contribution in [0.5, 0.6) is 11.5 Å². The number of aromatic nitrogens is 1. The Balaban J connectivity index is 1.51. The number of ether oxygens (including phenoxy) is 2. The first kappa shape index (κ1) is 18.2. The van der Waals surface area contributed by atoms with Crippen molar-refractivity contribution in [2.24, 2.45) is 0 Å². The molecule has 0 bridgehead atoms. The number of pyridine rings is 1. The number of piperazine rings is 1. The fourth-order valence-corrected chi connectivity index (χ4v) is 3.83. The first-order valence-corrected chi connectivity index (χ1v) is 9.65. The lowest BCUT2D eigenvalue weighted by Gasteiger charge is -2.40. The molecular weight excluding hydrogens is 382 g/mol. The van der Waals surface area contributed by atoms with Gasteiger partial charge < -0.3 is 19.3 Å². The third-order valence-corrected chi connectivity index (χ3v) is 5.28. The monoisotopic (exact) mass is 401 g/mol. The molecular formula is C23H19N3O4. The smallest absolute Gasteiger partial charge is 0.254 e. The summed E-state index contributed by atoms with van der Waals surface area (Å²) in [4.78, 5) is 34.0.